The van der Waals surface area contributed by atoms with Crippen LogP contribution in [0.25, 0.3) is 0 Å². The van der Waals surface area contributed by atoms with Gasteiger partial charge >= 0.3 is 0 Å². The third-order valence-electron chi connectivity index (χ3n) is 4.18. The molecular weight excluding hydrogens is 302 g/mol. The Kier molecular flexibility index (Phi) is 5.28. The van der Waals surface area contributed by atoms with E-state index >= 15 is 0 Å². The minimum Gasteiger partial charge on any atom is -0.496 e. The molecular formula is C16H24BrNO. The molecule has 1 aliphatic carbocycles. The van der Waals surface area contributed by atoms with Crippen molar-refractivity contribution in [3.8, 4) is 5.75 Å². The molecule has 0 saturated heterocycles. The minimum atomic E-state index is 0.389. The first-order chi connectivity index (χ1) is 9.10. The van der Waals surface area contributed by atoms with Crippen molar-refractivity contribution < 1.29 is 4.74 Å². The van der Waals surface area contributed by atoms with Crippen molar-refractivity contribution in [3.63, 3.8) is 0 Å². The van der Waals surface area contributed by atoms with Gasteiger partial charge in [-0.15, -0.1) is 0 Å². The number of rotatable bonds is 4. The third kappa shape index (κ3) is 3.96. The van der Waals surface area contributed by atoms with Crippen molar-refractivity contribution >= 4 is 15.9 Å². The summed E-state index contributed by atoms with van der Waals surface area (Å²) in [6.45, 7) is 4.60. The Morgan fingerprint density at radius 2 is 1.95 bits per heavy atom. The summed E-state index contributed by atoms with van der Waals surface area (Å²) in [7, 11) is 1.70. The minimum absolute atomic E-state index is 0.389. The van der Waals surface area contributed by atoms with Crippen molar-refractivity contribution in [2.45, 2.75) is 51.6 Å². The van der Waals surface area contributed by atoms with E-state index in [1.54, 1.807) is 7.11 Å². The molecule has 0 aromatic heterocycles. The molecule has 106 valence electrons. The molecule has 19 heavy (non-hydrogen) atoms. The predicted octanol–water partition coefficient (Wildman–Crippen LogP) is 4.69. The van der Waals surface area contributed by atoms with Crippen LogP contribution in [0.1, 0.15) is 51.1 Å². The SMILES string of the molecule is COc1ccc(C(C)NC2CCC(C)CC2)cc1Br. The first-order valence-electron chi connectivity index (χ1n) is 7.19. The monoisotopic (exact) mass is 325 g/mol. The van der Waals surface area contributed by atoms with E-state index in [1.165, 1.54) is 31.2 Å². The normalized spacial score (nSPS) is 25.1. The summed E-state index contributed by atoms with van der Waals surface area (Å²) < 4.78 is 6.30. The Morgan fingerprint density at radius 1 is 1.26 bits per heavy atom. The smallest absolute Gasteiger partial charge is 0.133 e. The lowest BCUT2D eigenvalue weighted by Crippen LogP contribution is -2.34. The molecule has 0 bridgehead atoms. The van der Waals surface area contributed by atoms with Gasteiger partial charge < -0.3 is 10.1 Å². The van der Waals surface area contributed by atoms with Crippen LogP contribution in [0.2, 0.25) is 0 Å². The standard InChI is InChI=1S/C16H24BrNO/c1-11-4-7-14(8-5-11)18-12(2)13-6-9-16(19-3)15(17)10-13/h6,9-12,14,18H,4-5,7-8H2,1-3H3. The van der Waals surface area contributed by atoms with Crippen molar-refractivity contribution in [2.75, 3.05) is 7.11 Å². The second-order valence-electron chi connectivity index (χ2n) is 5.74. The van der Waals surface area contributed by atoms with E-state index in [9.17, 15) is 0 Å². The van der Waals surface area contributed by atoms with Crippen molar-refractivity contribution in [1.29, 1.82) is 0 Å². The van der Waals surface area contributed by atoms with E-state index in [1.807, 2.05) is 6.07 Å². The summed E-state index contributed by atoms with van der Waals surface area (Å²) in [5, 5.41) is 3.76. The largest absolute Gasteiger partial charge is 0.496 e. The molecule has 3 heteroatoms. The number of methoxy groups -OCH3 is 1. The molecule has 1 atom stereocenters. The summed E-state index contributed by atoms with van der Waals surface area (Å²) >= 11 is 3.56. The molecule has 1 saturated carbocycles. The van der Waals surface area contributed by atoms with Gasteiger partial charge in [-0.05, 0) is 72.2 Å². The Hall–Kier alpha value is -0.540. The molecule has 1 fully saturated rings. The van der Waals surface area contributed by atoms with Gasteiger partial charge in [0, 0.05) is 12.1 Å². The summed E-state index contributed by atoms with van der Waals surface area (Å²) in [5.41, 5.74) is 1.31. The van der Waals surface area contributed by atoms with Gasteiger partial charge in [0.1, 0.15) is 5.75 Å². The maximum Gasteiger partial charge on any atom is 0.133 e. The average molecular weight is 326 g/mol. The van der Waals surface area contributed by atoms with E-state index in [2.05, 4.69) is 47.2 Å². The molecule has 1 unspecified atom stereocenters. The Balaban J connectivity index is 1.96. The second-order valence-corrected chi connectivity index (χ2v) is 6.59. The highest BCUT2D eigenvalue weighted by Gasteiger charge is 2.20. The van der Waals surface area contributed by atoms with Crippen LogP contribution in [0.15, 0.2) is 22.7 Å². The zero-order valence-corrected chi connectivity index (χ0v) is 13.7. The number of hydrogen-bond acceptors (Lipinski definition) is 2. The summed E-state index contributed by atoms with van der Waals surface area (Å²) in [5.74, 6) is 1.80. The van der Waals surface area contributed by atoms with Crippen LogP contribution < -0.4 is 10.1 Å². The second kappa shape index (κ2) is 6.76. The fourth-order valence-corrected chi connectivity index (χ4v) is 3.39. The van der Waals surface area contributed by atoms with Gasteiger partial charge in [-0.2, -0.15) is 0 Å². The number of nitrogens with one attached hydrogen (secondary N) is 1. The van der Waals surface area contributed by atoms with Crippen molar-refractivity contribution in [3.05, 3.63) is 28.2 Å². The molecule has 1 aromatic rings. The number of ether oxygens (including phenoxy) is 1. The molecule has 2 rings (SSSR count). The lowest BCUT2D eigenvalue weighted by Gasteiger charge is -2.30. The van der Waals surface area contributed by atoms with E-state index in [0.29, 0.717) is 12.1 Å². The van der Waals surface area contributed by atoms with Crippen LogP contribution in [0.5, 0.6) is 5.75 Å². The number of hydrogen-bond donors (Lipinski definition) is 1. The van der Waals surface area contributed by atoms with Gasteiger partial charge in [-0.1, -0.05) is 13.0 Å². The number of benzene rings is 1. The lowest BCUT2D eigenvalue weighted by molar-refractivity contribution is 0.291. The summed E-state index contributed by atoms with van der Waals surface area (Å²) in [6, 6.07) is 7.39. The van der Waals surface area contributed by atoms with E-state index in [-0.39, 0.29) is 0 Å². The molecule has 0 amide bonds. The maximum absolute atomic E-state index is 5.27. The van der Waals surface area contributed by atoms with Crippen LogP contribution in [0.3, 0.4) is 0 Å². The van der Waals surface area contributed by atoms with Crippen LogP contribution in [-0.2, 0) is 0 Å². The quantitative estimate of drug-likeness (QED) is 0.867. The Morgan fingerprint density at radius 3 is 2.53 bits per heavy atom. The average Bonchev–Trinajstić information content (AvgIpc) is 2.41. The van der Waals surface area contributed by atoms with Crippen LogP contribution >= 0.6 is 15.9 Å². The van der Waals surface area contributed by atoms with E-state index < -0.39 is 0 Å². The van der Waals surface area contributed by atoms with Crippen LogP contribution in [-0.4, -0.2) is 13.2 Å². The molecule has 0 radical (unpaired) electrons. The van der Waals surface area contributed by atoms with E-state index in [4.69, 9.17) is 4.74 Å². The van der Waals surface area contributed by atoms with Crippen molar-refractivity contribution in [2.24, 2.45) is 5.92 Å². The van der Waals surface area contributed by atoms with Crippen LogP contribution in [0.4, 0.5) is 0 Å². The lowest BCUT2D eigenvalue weighted by atomic mass is 9.87. The Bertz CT molecular complexity index is 413. The summed E-state index contributed by atoms with van der Waals surface area (Å²) in [6.07, 6.45) is 5.33. The van der Waals surface area contributed by atoms with Crippen molar-refractivity contribution in [1.82, 2.24) is 5.32 Å². The molecule has 0 heterocycles. The highest BCUT2D eigenvalue weighted by Crippen LogP contribution is 2.29. The first kappa shape index (κ1) is 14.9. The first-order valence-corrected chi connectivity index (χ1v) is 7.99. The molecule has 0 spiro atoms. The van der Waals surface area contributed by atoms with E-state index in [0.717, 1.165) is 16.1 Å². The van der Waals surface area contributed by atoms with Gasteiger partial charge in [0.2, 0.25) is 0 Å². The third-order valence-corrected chi connectivity index (χ3v) is 4.80. The maximum atomic E-state index is 5.27. The fraction of sp³-hybridized carbons (Fsp3) is 0.625. The fourth-order valence-electron chi connectivity index (χ4n) is 2.83. The molecule has 1 N–H and O–H groups in total. The highest BCUT2D eigenvalue weighted by molar-refractivity contribution is 9.10. The Labute approximate surface area is 125 Å². The van der Waals surface area contributed by atoms with Gasteiger partial charge in [0.15, 0.2) is 0 Å². The highest BCUT2D eigenvalue weighted by atomic mass is 79.9. The zero-order valence-electron chi connectivity index (χ0n) is 12.1. The van der Waals surface area contributed by atoms with Gasteiger partial charge in [0.25, 0.3) is 0 Å². The summed E-state index contributed by atoms with van der Waals surface area (Å²) in [4.78, 5) is 0. The molecule has 0 aliphatic heterocycles. The molecule has 1 aromatic carbocycles. The molecule has 1 aliphatic rings. The van der Waals surface area contributed by atoms with Gasteiger partial charge in [-0.25, -0.2) is 0 Å². The number of halogens is 1. The van der Waals surface area contributed by atoms with Crippen LogP contribution in [0, 0.1) is 5.92 Å². The molecule has 2 nitrogen and oxygen atoms in total. The topological polar surface area (TPSA) is 21.3 Å². The zero-order chi connectivity index (χ0) is 13.8. The van der Waals surface area contributed by atoms with Gasteiger partial charge in [-0.3, -0.25) is 0 Å². The van der Waals surface area contributed by atoms with Gasteiger partial charge in [0.05, 0.1) is 11.6 Å². The predicted molar refractivity (Wildman–Crippen MR) is 83.7 cm³/mol.